The molecule has 2 heterocycles. The first kappa shape index (κ1) is 20.7. The highest BCUT2D eigenvalue weighted by Gasteiger charge is 2.21. The number of hydrogen-bond acceptors (Lipinski definition) is 4. The van der Waals surface area contributed by atoms with Gasteiger partial charge in [0.05, 0.1) is 6.10 Å². The predicted octanol–water partition coefficient (Wildman–Crippen LogP) is 2.96. The van der Waals surface area contributed by atoms with E-state index in [9.17, 15) is 0 Å². The molecular weight excluding hydrogens is 425 g/mol. The number of methoxy groups -OCH3 is 1. The molecular formula is C16H28IN3O2S. The number of ether oxygens (including phenoxy) is 2. The van der Waals surface area contributed by atoms with E-state index in [1.165, 1.54) is 5.56 Å². The zero-order valence-electron chi connectivity index (χ0n) is 14.0. The van der Waals surface area contributed by atoms with Crippen LogP contribution >= 0.6 is 35.3 Å². The molecule has 0 aromatic carbocycles. The standard InChI is InChI=1S/C16H27N3O2S.HI/c1-17-16(18-12-14-6-11-22-13-14)19-7-4-15(5-8-19)21-10-3-9-20-2;/h6,11,13,15H,3-5,7-10,12H2,1-2H3,(H,17,18);1H. The van der Waals surface area contributed by atoms with Crippen LogP contribution in [0.4, 0.5) is 0 Å². The largest absolute Gasteiger partial charge is 0.385 e. The van der Waals surface area contributed by atoms with Gasteiger partial charge in [-0.3, -0.25) is 4.99 Å². The van der Waals surface area contributed by atoms with E-state index in [0.29, 0.717) is 6.10 Å². The number of guanidine groups is 1. The molecule has 0 radical (unpaired) electrons. The Morgan fingerprint density at radius 3 is 2.78 bits per heavy atom. The van der Waals surface area contributed by atoms with Gasteiger partial charge >= 0.3 is 0 Å². The van der Waals surface area contributed by atoms with Gasteiger partial charge in [0.1, 0.15) is 0 Å². The second-order valence-electron chi connectivity index (χ2n) is 5.44. The Bertz CT molecular complexity index is 435. The smallest absolute Gasteiger partial charge is 0.193 e. The van der Waals surface area contributed by atoms with Gasteiger partial charge in [0.2, 0.25) is 0 Å². The fourth-order valence-electron chi connectivity index (χ4n) is 2.59. The molecule has 1 aromatic heterocycles. The normalized spacial score (nSPS) is 16.3. The van der Waals surface area contributed by atoms with E-state index in [4.69, 9.17) is 9.47 Å². The second-order valence-corrected chi connectivity index (χ2v) is 6.22. The average molecular weight is 453 g/mol. The van der Waals surface area contributed by atoms with Crippen molar-refractivity contribution in [3.63, 3.8) is 0 Å². The fraction of sp³-hybridized carbons (Fsp3) is 0.688. The Morgan fingerprint density at radius 1 is 1.39 bits per heavy atom. The molecule has 1 N–H and O–H groups in total. The predicted molar refractivity (Wildman–Crippen MR) is 107 cm³/mol. The third-order valence-corrected chi connectivity index (χ3v) is 4.56. The zero-order chi connectivity index (χ0) is 15.6. The van der Waals surface area contributed by atoms with Crippen molar-refractivity contribution in [2.45, 2.75) is 31.9 Å². The summed E-state index contributed by atoms with van der Waals surface area (Å²) in [5, 5.41) is 7.71. The Hall–Kier alpha value is -0.380. The van der Waals surface area contributed by atoms with Crippen molar-refractivity contribution in [1.29, 1.82) is 0 Å². The lowest BCUT2D eigenvalue weighted by atomic mass is 10.1. The maximum absolute atomic E-state index is 5.90. The number of nitrogens with zero attached hydrogens (tertiary/aromatic N) is 2. The van der Waals surface area contributed by atoms with E-state index in [-0.39, 0.29) is 24.0 Å². The molecule has 0 unspecified atom stereocenters. The zero-order valence-corrected chi connectivity index (χ0v) is 17.1. The molecule has 1 aliphatic heterocycles. The van der Waals surface area contributed by atoms with Crippen LogP contribution in [-0.4, -0.2) is 57.4 Å². The van der Waals surface area contributed by atoms with Gasteiger partial charge in [-0.05, 0) is 41.7 Å². The molecule has 1 aliphatic rings. The van der Waals surface area contributed by atoms with Crippen LogP contribution in [0.3, 0.4) is 0 Å². The van der Waals surface area contributed by atoms with E-state index in [2.05, 4.69) is 32.0 Å². The Balaban J connectivity index is 0.00000264. The molecule has 0 saturated carbocycles. The third-order valence-electron chi connectivity index (χ3n) is 3.83. The van der Waals surface area contributed by atoms with Crippen LogP contribution in [0.15, 0.2) is 21.8 Å². The van der Waals surface area contributed by atoms with Crippen LogP contribution in [0.1, 0.15) is 24.8 Å². The summed E-state index contributed by atoms with van der Waals surface area (Å²) in [7, 11) is 3.58. The van der Waals surface area contributed by atoms with E-state index < -0.39 is 0 Å². The first-order valence-corrected chi connectivity index (χ1v) is 8.85. The molecule has 2 rings (SSSR count). The van der Waals surface area contributed by atoms with Crippen LogP contribution in [0.2, 0.25) is 0 Å². The number of thiophene rings is 1. The van der Waals surface area contributed by atoms with Gasteiger partial charge in [-0.15, -0.1) is 24.0 Å². The lowest BCUT2D eigenvalue weighted by molar-refractivity contribution is 0.00990. The summed E-state index contributed by atoms with van der Waals surface area (Å²) >= 11 is 1.73. The summed E-state index contributed by atoms with van der Waals surface area (Å²) in [4.78, 5) is 6.72. The van der Waals surface area contributed by atoms with Crippen LogP contribution < -0.4 is 5.32 Å². The number of rotatable bonds is 7. The Labute approximate surface area is 160 Å². The summed E-state index contributed by atoms with van der Waals surface area (Å²) in [5.41, 5.74) is 1.31. The number of nitrogens with one attached hydrogen (secondary N) is 1. The van der Waals surface area contributed by atoms with Gasteiger partial charge in [0, 0.05) is 47.0 Å². The van der Waals surface area contributed by atoms with Crippen molar-refractivity contribution in [2.75, 3.05) is 40.5 Å². The van der Waals surface area contributed by atoms with Crippen molar-refractivity contribution in [3.05, 3.63) is 22.4 Å². The van der Waals surface area contributed by atoms with Crippen LogP contribution in [-0.2, 0) is 16.0 Å². The van der Waals surface area contributed by atoms with Crippen molar-refractivity contribution in [3.8, 4) is 0 Å². The van der Waals surface area contributed by atoms with Crippen molar-refractivity contribution in [1.82, 2.24) is 10.2 Å². The van der Waals surface area contributed by atoms with E-state index >= 15 is 0 Å². The fourth-order valence-corrected chi connectivity index (χ4v) is 3.26. The molecule has 23 heavy (non-hydrogen) atoms. The van der Waals surface area contributed by atoms with E-state index in [1.54, 1.807) is 18.4 Å². The minimum atomic E-state index is 0. The highest BCUT2D eigenvalue weighted by atomic mass is 127. The third kappa shape index (κ3) is 7.36. The van der Waals surface area contributed by atoms with Crippen LogP contribution in [0.25, 0.3) is 0 Å². The van der Waals surface area contributed by atoms with Crippen molar-refractivity contribution in [2.24, 2.45) is 4.99 Å². The monoisotopic (exact) mass is 453 g/mol. The van der Waals surface area contributed by atoms with Gasteiger partial charge in [0.25, 0.3) is 0 Å². The minimum Gasteiger partial charge on any atom is -0.385 e. The first-order valence-electron chi connectivity index (χ1n) is 7.90. The van der Waals surface area contributed by atoms with E-state index in [1.807, 2.05) is 7.05 Å². The molecule has 7 heteroatoms. The Morgan fingerprint density at radius 2 is 2.17 bits per heavy atom. The van der Waals surface area contributed by atoms with Gasteiger partial charge in [0.15, 0.2) is 5.96 Å². The average Bonchev–Trinajstić information content (AvgIpc) is 3.07. The van der Waals surface area contributed by atoms with Crippen LogP contribution in [0, 0.1) is 0 Å². The number of hydrogen-bond donors (Lipinski definition) is 1. The maximum atomic E-state index is 5.90. The van der Waals surface area contributed by atoms with Gasteiger partial charge in [-0.1, -0.05) is 0 Å². The van der Waals surface area contributed by atoms with Gasteiger partial charge < -0.3 is 19.7 Å². The second kappa shape index (κ2) is 12.0. The van der Waals surface area contributed by atoms with E-state index in [0.717, 1.165) is 58.1 Å². The van der Waals surface area contributed by atoms with Crippen molar-refractivity contribution >= 4 is 41.3 Å². The number of piperidine rings is 1. The summed E-state index contributed by atoms with van der Waals surface area (Å²) in [6, 6.07) is 2.14. The molecule has 0 spiro atoms. The molecule has 1 saturated heterocycles. The summed E-state index contributed by atoms with van der Waals surface area (Å²) in [6.07, 6.45) is 3.47. The molecule has 0 bridgehead atoms. The topological polar surface area (TPSA) is 46.1 Å². The highest BCUT2D eigenvalue weighted by molar-refractivity contribution is 14.0. The van der Waals surface area contributed by atoms with Gasteiger partial charge in [-0.25, -0.2) is 0 Å². The lowest BCUT2D eigenvalue weighted by Gasteiger charge is -2.34. The quantitative estimate of drug-likeness (QED) is 0.299. The molecule has 0 atom stereocenters. The lowest BCUT2D eigenvalue weighted by Crippen LogP contribution is -2.46. The first-order chi connectivity index (χ1) is 10.8. The molecule has 0 aliphatic carbocycles. The van der Waals surface area contributed by atoms with Crippen molar-refractivity contribution < 1.29 is 9.47 Å². The molecule has 1 aromatic rings. The SMILES string of the molecule is CN=C(NCc1ccsc1)N1CCC(OCCCOC)CC1.I. The number of halogens is 1. The number of likely N-dealkylation sites (tertiary alicyclic amines) is 1. The Kier molecular flexibility index (Phi) is 10.8. The molecule has 5 nitrogen and oxygen atoms in total. The molecule has 132 valence electrons. The maximum Gasteiger partial charge on any atom is 0.193 e. The number of aliphatic imine (C=N–C) groups is 1. The van der Waals surface area contributed by atoms with Gasteiger partial charge in [-0.2, -0.15) is 11.3 Å². The molecule has 0 amide bonds. The minimum absolute atomic E-state index is 0. The summed E-state index contributed by atoms with van der Waals surface area (Å²) in [6.45, 7) is 4.40. The van der Waals surface area contributed by atoms with Crippen LogP contribution in [0.5, 0.6) is 0 Å². The summed E-state index contributed by atoms with van der Waals surface area (Å²) < 4.78 is 10.9. The highest BCUT2D eigenvalue weighted by Crippen LogP contribution is 2.14. The molecule has 1 fully saturated rings. The summed E-state index contributed by atoms with van der Waals surface area (Å²) in [5.74, 6) is 0.990.